The lowest BCUT2D eigenvalue weighted by atomic mass is 10.0. The predicted molar refractivity (Wildman–Crippen MR) is 182 cm³/mol. The Bertz CT molecular complexity index is 844. The zero-order valence-corrected chi connectivity index (χ0v) is 28.5. The molecule has 0 atom stereocenters. The second-order valence-electron chi connectivity index (χ2n) is 13.8. The van der Waals surface area contributed by atoms with Crippen LogP contribution < -0.4 is 0 Å². The number of hydrogen-bond acceptors (Lipinski definition) is 2. The highest BCUT2D eigenvalue weighted by Crippen LogP contribution is 2.21. The first-order valence-corrected chi connectivity index (χ1v) is 17.2. The molecule has 238 valence electrons. The zero-order valence-electron chi connectivity index (χ0n) is 28.5. The van der Waals surface area contributed by atoms with Crippen LogP contribution in [0, 0.1) is 0 Å². The van der Waals surface area contributed by atoms with Crippen LogP contribution in [0.25, 0.3) is 11.1 Å². The molecule has 0 saturated heterocycles. The second kappa shape index (κ2) is 21.1. The summed E-state index contributed by atoms with van der Waals surface area (Å²) in [5.41, 5.74) is 4.97. The Morgan fingerprint density at radius 1 is 0.429 bits per heavy atom. The number of nitrogens with zero attached hydrogens (tertiary/aromatic N) is 2. The van der Waals surface area contributed by atoms with E-state index in [2.05, 4.69) is 90.6 Å². The van der Waals surface area contributed by atoms with E-state index in [1.807, 2.05) is 0 Å². The topological polar surface area (TPSA) is 18.5 Å². The first kappa shape index (κ1) is 36.5. The zero-order chi connectivity index (χ0) is 30.5. The van der Waals surface area contributed by atoms with Gasteiger partial charge in [-0.3, -0.25) is 0 Å². The average molecular weight is 583 g/mol. The quantitative estimate of drug-likeness (QED) is 0.0858. The molecular weight excluding hydrogens is 516 g/mol. The summed E-state index contributed by atoms with van der Waals surface area (Å²) >= 11 is 0. The molecule has 0 saturated carbocycles. The molecule has 4 heteroatoms. The van der Waals surface area contributed by atoms with Crippen LogP contribution in [0.3, 0.4) is 0 Å². The van der Waals surface area contributed by atoms with Crippen LogP contribution in [0.1, 0.15) is 102 Å². The van der Waals surface area contributed by atoms with E-state index in [1.165, 1.54) is 112 Å². The number of quaternary nitrogens is 2. The first-order valence-electron chi connectivity index (χ1n) is 17.2. The minimum atomic E-state index is 0.683. The Hall–Kier alpha value is -1.72. The third-order valence-electron chi connectivity index (χ3n) is 8.69. The van der Waals surface area contributed by atoms with Gasteiger partial charge in [-0.05, 0) is 47.9 Å². The van der Waals surface area contributed by atoms with Gasteiger partial charge < -0.3 is 18.4 Å². The van der Waals surface area contributed by atoms with Gasteiger partial charge in [-0.1, -0.05) is 114 Å². The SMILES string of the molecule is CCCCCCCC[N+](C)(C)CCOCc1ccc(-c2ccc(COCC[N+](C)(C)CCCCCCCC)cc2)cc1. The molecule has 0 fully saturated rings. The number of benzene rings is 2. The van der Waals surface area contributed by atoms with Gasteiger partial charge in [0.15, 0.2) is 0 Å². The van der Waals surface area contributed by atoms with Crippen molar-refractivity contribution in [3.63, 3.8) is 0 Å². The van der Waals surface area contributed by atoms with Crippen molar-refractivity contribution in [1.29, 1.82) is 0 Å². The fourth-order valence-corrected chi connectivity index (χ4v) is 5.45. The van der Waals surface area contributed by atoms with E-state index in [0.717, 1.165) is 35.3 Å². The molecular formula is C38H66N2O2+2. The molecule has 0 aliphatic rings. The maximum Gasteiger partial charge on any atom is 0.102 e. The van der Waals surface area contributed by atoms with Gasteiger partial charge in [0.2, 0.25) is 0 Å². The first-order chi connectivity index (χ1) is 20.2. The Morgan fingerprint density at radius 3 is 1.12 bits per heavy atom. The van der Waals surface area contributed by atoms with Crippen molar-refractivity contribution >= 4 is 0 Å². The summed E-state index contributed by atoms with van der Waals surface area (Å²) in [6.07, 6.45) is 16.3. The van der Waals surface area contributed by atoms with Gasteiger partial charge in [0, 0.05) is 0 Å². The summed E-state index contributed by atoms with van der Waals surface area (Å²) in [7, 11) is 9.33. The fraction of sp³-hybridized carbons (Fsp3) is 0.684. The molecule has 0 aromatic heterocycles. The van der Waals surface area contributed by atoms with Crippen molar-refractivity contribution in [3.05, 3.63) is 59.7 Å². The van der Waals surface area contributed by atoms with Gasteiger partial charge in [0.1, 0.15) is 13.1 Å². The van der Waals surface area contributed by atoms with Crippen molar-refractivity contribution < 1.29 is 18.4 Å². The molecule has 0 N–H and O–H groups in total. The molecule has 0 unspecified atom stereocenters. The molecule has 2 aromatic rings. The summed E-state index contributed by atoms with van der Waals surface area (Å²) in [6, 6.07) is 17.7. The molecule has 0 heterocycles. The van der Waals surface area contributed by atoms with Crippen LogP contribution in [0.5, 0.6) is 0 Å². The average Bonchev–Trinajstić information content (AvgIpc) is 2.98. The van der Waals surface area contributed by atoms with Crippen LogP contribution in [0.15, 0.2) is 48.5 Å². The lowest BCUT2D eigenvalue weighted by molar-refractivity contribution is -0.891. The van der Waals surface area contributed by atoms with Crippen molar-refractivity contribution in [2.75, 3.05) is 67.6 Å². The van der Waals surface area contributed by atoms with E-state index in [4.69, 9.17) is 9.47 Å². The molecule has 0 bridgehead atoms. The highest BCUT2D eigenvalue weighted by Gasteiger charge is 2.15. The Balaban J connectivity index is 1.62. The lowest BCUT2D eigenvalue weighted by Gasteiger charge is -2.29. The van der Waals surface area contributed by atoms with Crippen LogP contribution in [-0.4, -0.2) is 76.5 Å². The maximum atomic E-state index is 6.05. The highest BCUT2D eigenvalue weighted by atomic mass is 16.5. The molecule has 2 aromatic carbocycles. The highest BCUT2D eigenvalue weighted by molar-refractivity contribution is 5.63. The Kier molecular flexibility index (Phi) is 18.3. The molecule has 0 radical (unpaired) electrons. The molecule has 0 aliphatic heterocycles. The van der Waals surface area contributed by atoms with E-state index in [9.17, 15) is 0 Å². The number of ether oxygens (including phenoxy) is 2. The normalized spacial score (nSPS) is 12.2. The number of hydrogen-bond donors (Lipinski definition) is 0. The Morgan fingerprint density at radius 2 is 0.762 bits per heavy atom. The number of unbranched alkanes of at least 4 members (excludes halogenated alkanes) is 10. The van der Waals surface area contributed by atoms with E-state index >= 15 is 0 Å². The third-order valence-corrected chi connectivity index (χ3v) is 8.69. The summed E-state index contributed by atoms with van der Waals surface area (Å²) in [6.45, 7) is 12.2. The monoisotopic (exact) mass is 583 g/mol. The predicted octanol–water partition coefficient (Wildman–Crippen LogP) is 9.26. The van der Waals surface area contributed by atoms with Gasteiger partial charge in [0.05, 0.1) is 67.7 Å². The minimum Gasteiger partial charge on any atom is -0.371 e. The van der Waals surface area contributed by atoms with Crippen LogP contribution in [-0.2, 0) is 22.7 Å². The molecule has 0 spiro atoms. The fourth-order valence-electron chi connectivity index (χ4n) is 5.45. The maximum absolute atomic E-state index is 6.05. The molecule has 0 aliphatic carbocycles. The van der Waals surface area contributed by atoms with E-state index < -0.39 is 0 Å². The molecule has 42 heavy (non-hydrogen) atoms. The summed E-state index contributed by atoms with van der Waals surface area (Å²) in [5, 5.41) is 0. The largest absolute Gasteiger partial charge is 0.371 e. The third kappa shape index (κ3) is 16.8. The van der Waals surface area contributed by atoms with Crippen molar-refractivity contribution in [2.24, 2.45) is 0 Å². The van der Waals surface area contributed by atoms with Crippen molar-refractivity contribution in [2.45, 2.75) is 104 Å². The molecule has 2 rings (SSSR count). The number of rotatable bonds is 25. The Labute approximate surface area is 260 Å². The van der Waals surface area contributed by atoms with Gasteiger partial charge in [-0.15, -0.1) is 0 Å². The lowest BCUT2D eigenvalue weighted by Crippen LogP contribution is -2.43. The van der Waals surface area contributed by atoms with Gasteiger partial charge in [0.25, 0.3) is 0 Å². The summed E-state index contributed by atoms with van der Waals surface area (Å²) in [4.78, 5) is 0. The molecule has 0 amide bonds. The van der Waals surface area contributed by atoms with Crippen LogP contribution in [0.4, 0.5) is 0 Å². The smallest absolute Gasteiger partial charge is 0.102 e. The number of likely N-dealkylation sites (N-methyl/N-ethyl adjacent to an activating group) is 2. The van der Waals surface area contributed by atoms with E-state index in [1.54, 1.807) is 0 Å². The van der Waals surface area contributed by atoms with Gasteiger partial charge >= 0.3 is 0 Å². The summed E-state index contributed by atoms with van der Waals surface area (Å²) in [5.74, 6) is 0. The van der Waals surface area contributed by atoms with Crippen molar-refractivity contribution in [3.8, 4) is 11.1 Å². The van der Waals surface area contributed by atoms with Gasteiger partial charge in [-0.25, -0.2) is 0 Å². The van der Waals surface area contributed by atoms with E-state index in [0.29, 0.717) is 13.2 Å². The van der Waals surface area contributed by atoms with Crippen LogP contribution >= 0.6 is 0 Å². The van der Waals surface area contributed by atoms with Crippen LogP contribution in [0.2, 0.25) is 0 Å². The molecule has 4 nitrogen and oxygen atoms in total. The minimum absolute atomic E-state index is 0.683. The van der Waals surface area contributed by atoms with Gasteiger partial charge in [-0.2, -0.15) is 0 Å². The second-order valence-corrected chi connectivity index (χ2v) is 13.8. The summed E-state index contributed by atoms with van der Waals surface area (Å²) < 4.78 is 14.2. The standard InChI is InChI=1S/C38H66N2O2/c1-7-9-11-13-15-17-27-39(3,4)29-31-41-33-35-19-23-37(24-20-35)38-25-21-36(22-26-38)34-42-32-30-40(5,6)28-18-16-14-12-10-8-2/h19-26H,7-18,27-34H2,1-6H3/q+2. The van der Waals surface area contributed by atoms with E-state index in [-0.39, 0.29) is 0 Å². The van der Waals surface area contributed by atoms with Crippen molar-refractivity contribution in [1.82, 2.24) is 0 Å².